The fourth-order valence-electron chi connectivity index (χ4n) is 4.13. The Morgan fingerprint density at radius 3 is 2.58 bits per heavy atom. The summed E-state index contributed by atoms with van der Waals surface area (Å²) in [5.41, 5.74) is 9.98. The van der Waals surface area contributed by atoms with Crippen LogP contribution in [0.2, 0.25) is 0 Å². The van der Waals surface area contributed by atoms with Crippen LogP contribution < -0.4 is 10.6 Å². The molecule has 0 aliphatic carbocycles. The predicted octanol–water partition coefficient (Wildman–Crippen LogP) is 2.63. The third-order valence-corrected chi connectivity index (χ3v) is 5.47. The molecule has 2 aliphatic rings. The van der Waals surface area contributed by atoms with E-state index < -0.39 is 6.09 Å². The summed E-state index contributed by atoms with van der Waals surface area (Å²) in [5.74, 6) is 1.72. The monoisotopic (exact) mass is 355 g/mol. The van der Waals surface area contributed by atoms with Gasteiger partial charge in [0.25, 0.3) is 0 Å². The van der Waals surface area contributed by atoms with E-state index in [0.29, 0.717) is 24.9 Å². The van der Waals surface area contributed by atoms with Crippen LogP contribution in [0.15, 0.2) is 29.8 Å². The maximum atomic E-state index is 11.2. The molecule has 3 heterocycles. The van der Waals surface area contributed by atoms with Crippen LogP contribution in [0.25, 0.3) is 11.0 Å². The minimum Gasteiger partial charge on any atom is -0.465 e. The number of hydrogen-bond acceptors (Lipinski definition) is 4. The van der Waals surface area contributed by atoms with Crippen LogP contribution in [0.1, 0.15) is 13.8 Å². The molecule has 4 rings (SSSR count). The second-order valence-corrected chi connectivity index (χ2v) is 7.66. The second-order valence-electron chi connectivity index (χ2n) is 7.66. The molecule has 7 heteroatoms. The van der Waals surface area contributed by atoms with Crippen molar-refractivity contribution in [3.8, 4) is 0 Å². The number of anilines is 2. The normalized spacial score (nSPS) is 22.1. The van der Waals surface area contributed by atoms with Crippen molar-refractivity contribution in [2.75, 3.05) is 36.8 Å². The molecular weight excluding hydrogens is 330 g/mol. The first-order valence-electron chi connectivity index (χ1n) is 9.04. The van der Waals surface area contributed by atoms with Crippen LogP contribution in [-0.4, -0.2) is 51.8 Å². The molecule has 2 unspecified atom stereocenters. The number of aromatic nitrogens is 2. The van der Waals surface area contributed by atoms with Gasteiger partial charge in [-0.25, -0.2) is 9.78 Å². The number of imidazole rings is 1. The fraction of sp³-hybridized carbons (Fsp3) is 0.474. The topological polar surface area (TPSA) is 87.6 Å². The molecule has 7 nitrogen and oxygen atoms in total. The highest BCUT2D eigenvalue weighted by Gasteiger charge is 2.42. The number of fused-ring (bicyclic) bond motifs is 2. The Morgan fingerprint density at radius 2 is 1.96 bits per heavy atom. The van der Waals surface area contributed by atoms with E-state index in [1.807, 2.05) is 18.2 Å². The number of benzene rings is 1. The number of amides is 1. The second kappa shape index (κ2) is 6.23. The van der Waals surface area contributed by atoms with Gasteiger partial charge in [0.15, 0.2) is 0 Å². The van der Waals surface area contributed by atoms with Crippen molar-refractivity contribution < 1.29 is 9.90 Å². The lowest BCUT2D eigenvalue weighted by molar-refractivity contribution is 0.153. The number of hydrogen-bond donors (Lipinski definition) is 2. The van der Waals surface area contributed by atoms with Crippen LogP contribution >= 0.6 is 0 Å². The fourth-order valence-corrected chi connectivity index (χ4v) is 4.13. The molecule has 1 aromatic carbocycles. The van der Waals surface area contributed by atoms with Crippen molar-refractivity contribution in [1.29, 1.82) is 0 Å². The highest BCUT2D eigenvalue weighted by molar-refractivity contribution is 5.82. The molecule has 0 bridgehead atoms. The molecule has 138 valence electrons. The van der Waals surface area contributed by atoms with Gasteiger partial charge in [0, 0.05) is 50.2 Å². The maximum absolute atomic E-state index is 11.2. The molecule has 26 heavy (non-hydrogen) atoms. The number of carboxylic acid groups (broad SMARTS) is 1. The van der Waals surface area contributed by atoms with Gasteiger partial charge in [0.2, 0.25) is 5.95 Å². The number of rotatable bonds is 3. The lowest BCUT2D eigenvalue weighted by atomic mass is 10.0. The summed E-state index contributed by atoms with van der Waals surface area (Å²) in [5, 5.41) is 9.22. The smallest absolute Gasteiger partial charge is 0.407 e. The lowest BCUT2D eigenvalue weighted by Crippen LogP contribution is -2.33. The number of nitrogens with zero attached hydrogens (tertiary/aromatic N) is 4. The van der Waals surface area contributed by atoms with Crippen LogP contribution in [0.3, 0.4) is 0 Å². The number of nitrogen functional groups attached to an aromatic ring is 1. The maximum Gasteiger partial charge on any atom is 0.407 e. The third kappa shape index (κ3) is 2.87. The van der Waals surface area contributed by atoms with Gasteiger partial charge in [0.05, 0.1) is 11.0 Å². The van der Waals surface area contributed by atoms with E-state index >= 15 is 0 Å². The molecular formula is C19H25N5O2. The zero-order valence-electron chi connectivity index (χ0n) is 15.2. The molecule has 0 saturated carbocycles. The van der Waals surface area contributed by atoms with E-state index in [2.05, 4.69) is 29.4 Å². The van der Waals surface area contributed by atoms with Gasteiger partial charge in [-0.15, -0.1) is 0 Å². The Balaban J connectivity index is 1.66. The van der Waals surface area contributed by atoms with E-state index in [9.17, 15) is 9.90 Å². The van der Waals surface area contributed by atoms with E-state index in [1.165, 1.54) is 5.57 Å². The highest BCUT2D eigenvalue weighted by Crippen LogP contribution is 2.35. The molecule has 0 spiro atoms. The first-order valence-corrected chi connectivity index (χ1v) is 9.04. The quantitative estimate of drug-likeness (QED) is 0.653. The number of likely N-dealkylation sites (tertiary alicyclic amines) is 1. The molecule has 1 aromatic heterocycles. The summed E-state index contributed by atoms with van der Waals surface area (Å²) in [6.45, 7) is 7.88. The van der Waals surface area contributed by atoms with E-state index in [1.54, 1.807) is 4.90 Å². The summed E-state index contributed by atoms with van der Waals surface area (Å²) >= 11 is 0. The summed E-state index contributed by atoms with van der Waals surface area (Å²) in [4.78, 5) is 19.9. The van der Waals surface area contributed by atoms with Gasteiger partial charge in [-0.3, -0.25) is 0 Å². The minimum absolute atomic E-state index is 0.382. The number of carbonyl (C=O) groups is 1. The van der Waals surface area contributed by atoms with Crippen LogP contribution in [0.5, 0.6) is 0 Å². The largest absolute Gasteiger partial charge is 0.465 e. The lowest BCUT2D eigenvalue weighted by Gasteiger charge is -2.22. The zero-order valence-corrected chi connectivity index (χ0v) is 15.2. The predicted molar refractivity (Wildman–Crippen MR) is 102 cm³/mol. The van der Waals surface area contributed by atoms with Gasteiger partial charge in [-0.05, 0) is 32.0 Å². The Kier molecular flexibility index (Phi) is 4.01. The van der Waals surface area contributed by atoms with Crippen molar-refractivity contribution in [2.45, 2.75) is 20.4 Å². The summed E-state index contributed by atoms with van der Waals surface area (Å²) < 4.78 is 2.22. The molecule has 2 saturated heterocycles. The van der Waals surface area contributed by atoms with Crippen molar-refractivity contribution >= 4 is 28.8 Å². The SMILES string of the molecule is CC(C)=CCn1c(N2CC3CN(C(=O)O)CC3C2)nc2ccc(N)cc21. The number of allylic oxidation sites excluding steroid dienone is 2. The first kappa shape index (κ1) is 16.8. The van der Waals surface area contributed by atoms with Gasteiger partial charge >= 0.3 is 6.09 Å². The average Bonchev–Trinajstić information content (AvgIpc) is 3.22. The van der Waals surface area contributed by atoms with Crippen molar-refractivity contribution in [3.63, 3.8) is 0 Å². The van der Waals surface area contributed by atoms with Crippen molar-refractivity contribution in [2.24, 2.45) is 11.8 Å². The van der Waals surface area contributed by atoms with Gasteiger partial charge in [-0.1, -0.05) is 11.6 Å². The van der Waals surface area contributed by atoms with Crippen LogP contribution in [0.4, 0.5) is 16.4 Å². The first-order chi connectivity index (χ1) is 12.4. The van der Waals surface area contributed by atoms with Crippen molar-refractivity contribution in [3.05, 3.63) is 29.8 Å². The standard InChI is InChI=1S/C19H25N5O2/c1-12(2)5-6-24-17-7-15(20)3-4-16(17)21-18(24)22-8-13-10-23(19(25)26)11-14(13)9-22/h3-5,7,13-14H,6,8-11,20H2,1-2H3,(H,25,26). The minimum atomic E-state index is -0.808. The van der Waals surface area contributed by atoms with Crippen molar-refractivity contribution in [1.82, 2.24) is 14.5 Å². The zero-order chi connectivity index (χ0) is 18.4. The van der Waals surface area contributed by atoms with Gasteiger partial charge < -0.3 is 25.2 Å². The van der Waals surface area contributed by atoms with Crippen LogP contribution in [-0.2, 0) is 6.54 Å². The van der Waals surface area contributed by atoms with E-state index in [4.69, 9.17) is 10.7 Å². The van der Waals surface area contributed by atoms with E-state index in [-0.39, 0.29) is 0 Å². The van der Waals surface area contributed by atoms with Gasteiger partial charge in [-0.2, -0.15) is 0 Å². The molecule has 2 aromatic rings. The summed E-state index contributed by atoms with van der Waals surface area (Å²) in [6.07, 6.45) is 1.38. The average molecular weight is 355 g/mol. The molecule has 2 atom stereocenters. The molecule has 0 radical (unpaired) electrons. The Morgan fingerprint density at radius 1 is 1.27 bits per heavy atom. The van der Waals surface area contributed by atoms with Gasteiger partial charge in [0.1, 0.15) is 0 Å². The third-order valence-electron chi connectivity index (χ3n) is 5.47. The van der Waals surface area contributed by atoms with E-state index in [0.717, 1.165) is 42.3 Å². The molecule has 2 aliphatic heterocycles. The summed E-state index contributed by atoms with van der Waals surface area (Å²) in [6, 6.07) is 5.83. The summed E-state index contributed by atoms with van der Waals surface area (Å²) in [7, 11) is 0. The molecule has 1 amide bonds. The molecule has 2 fully saturated rings. The molecule has 3 N–H and O–H groups in total. The Hall–Kier alpha value is -2.70. The van der Waals surface area contributed by atoms with Crippen LogP contribution in [0, 0.1) is 11.8 Å². The number of nitrogens with two attached hydrogens (primary N) is 1. The highest BCUT2D eigenvalue weighted by atomic mass is 16.4. The Labute approximate surface area is 152 Å². The Bertz CT molecular complexity index is 869.